The molecule has 3 atom stereocenters. The Balaban J connectivity index is 1.71. The lowest BCUT2D eigenvalue weighted by atomic mass is 9.97. The first-order valence-corrected chi connectivity index (χ1v) is 7.19. The molecule has 2 aliphatic rings. The Labute approximate surface area is 106 Å². The van der Waals surface area contributed by atoms with Gasteiger partial charge < -0.3 is 15.3 Å². The molecule has 3 unspecified atom stereocenters. The van der Waals surface area contributed by atoms with E-state index in [1.54, 1.807) is 0 Å². The molecular weight excluding hydrogens is 212 g/mol. The summed E-state index contributed by atoms with van der Waals surface area (Å²) in [5.74, 6) is 0.584. The molecule has 0 aromatic heterocycles. The third-order valence-electron chi connectivity index (χ3n) is 4.48. The molecule has 3 nitrogen and oxygen atoms in total. The Bertz CT molecular complexity index is 230. The average Bonchev–Trinajstić information content (AvgIpc) is 2.51. The van der Waals surface area contributed by atoms with Crippen LogP contribution in [0.25, 0.3) is 0 Å². The predicted octanol–water partition coefficient (Wildman–Crippen LogP) is 1.61. The van der Waals surface area contributed by atoms with E-state index in [9.17, 15) is 5.11 Å². The molecule has 2 rings (SSSR count). The van der Waals surface area contributed by atoms with Crippen LogP contribution in [0.1, 0.15) is 46.0 Å². The van der Waals surface area contributed by atoms with Gasteiger partial charge in [-0.05, 0) is 45.1 Å². The van der Waals surface area contributed by atoms with Gasteiger partial charge in [0.15, 0.2) is 0 Å². The lowest BCUT2D eigenvalue weighted by Gasteiger charge is -2.37. The number of rotatable bonds is 5. The van der Waals surface area contributed by atoms with Crippen molar-refractivity contribution in [3.8, 4) is 0 Å². The summed E-state index contributed by atoms with van der Waals surface area (Å²) in [6.07, 6.45) is 6.00. The number of hydrogen-bond donors (Lipinski definition) is 2. The molecule has 0 aliphatic carbocycles. The molecule has 100 valence electrons. The van der Waals surface area contributed by atoms with Crippen molar-refractivity contribution in [2.45, 2.75) is 70.2 Å². The van der Waals surface area contributed by atoms with Crippen molar-refractivity contribution in [1.29, 1.82) is 0 Å². The van der Waals surface area contributed by atoms with Crippen LogP contribution in [0, 0.1) is 5.92 Å². The first-order valence-electron chi connectivity index (χ1n) is 7.19. The first kappa shape index (κ1) is 13.3. The van der Waals surface area contributed by atoms with E-state index in [0.29, 0.717) is 12.0 Å². The van der Waals surface area contributed by atoms with Crippen LogP contribution in [0.2, 0.25) is 0 Å². The van der Waals surface area contributed by atoms with Crippen molar-refractivity contribution in [1.82, 2.24) is 10.2 Å². The molecule has 0 aromatic rings. The highest BCUT2D eigenvalue weighted by atomic mass is 16.3. The van der Waals surface area contributed by atoms with E-state index < -0.39 is 0 Å². The molecule has 2 bridgehead atoms. The third-order valence-corrected chi connectivity index (χ3v) is 4.48. The number of aliphatic hydroxyl groups excluding tert-OH is 1. The van der Waals surface area contributed by atoms with E-state index in [2.05, 4.69) is 31.1 Å². The van der Waals surface area contributed by atoms with Gasteiger partial charge in [-0.15, -0.1) is 0 Å². The zero-order valence-corrected chi connectivity index (χ0v) is 11.5. The molecule has 17 heavy (non-hydrogen) atoms. The van der Waals surface area contributed by atoms with Crippen LogP contribution in [-0.2, 0) is 0 Å². The predicted molar refractivity (Wildman–Crippen MR) is 71.1 cm³/mol. The quantitative estimate of drug-likeness (QED) is 0.766. The fourth-order valence-corrected chi connectivity index (χ4v) is 3.51. The van der Waals surface area contributed by atoms with E-state index in [0.717, 1.165) is 25.0 Å². The number of hydrogen-bond acceptors (Lipinski definition) is 3. The summed E-state index contributed by atoms with van der Waals surface area (Å²) in [5, 5.41) is 13.4. The number of piperidine rings is 1. The largest absolute Gasteiger partial charge is 0.392 e. The molecule has 2 fully saturated rings. The minimum absolute atomic E-state index is 0.174. The molecule has 2 N–H and O–H groups in total. The van der Waals surface area contributed by atoms with Crippen molar-refractivity contribution < 1.29 is 5.11 Å². The zero-order chi connectivity index (χ0) is 12.4. The average molecular weight is 240 g/mol. The molecule has 2 heterocycles. The van der Waals surface area contributed by atoms with Gasteiger partial charge in [0.05, 0.1) is 6.10 Å². The standard InChI is InChI=1S/C14H28N2O/c1-10(2)6-14(17)9-15-11-7-12-4-5-13(8-11)16(12)3/h10-15,17H,4-9H2,1-3H3. The summed E-state index contributed by atoms with van der Waals surface area (Å²) in [7, 11) is 2.27. The number of nitrogens with one attached hydrogen (secondary N) is 1. The summed E-state index contributed by atoms with van der Waals surface area (Å²) in [6, 6.07) is 2.20. The van der Waals surface area contributed by atoms with Crippen molar-refractivity contribution in [3.05, 3.63) is 0 Å². The van der Waals surface area contributed by atoms with Gasteiger partial charge >= 0.3 is 0 Å². The Morgan fingerprint density at radius 1 is 1.24 bits per heavy atom. The van der Waals surface area contributed by atoms with E-state index in [1.165, 1.54) is 25.7 Å². The van der Waals surface area contributed by atoms with Crippen LogP contribution in [0.3, 0.4) is 0 Å². The van der Waals surface area contributed by atoms with Gasteiger partial charge in [0, 0.05) is 24.7 Å². The highest BCUT2D eigenvalue weighted by Crippen LogP contribution is 2.34. The summed E-state index contributed by atoms with van der Waals surface area (Å²) in [4.78, 5) is 2.56. The maximum atomic E-state index is 9.88. The zero-order valence-electron chi connectivity index (χ0n) is 11.5. The van der Waals surface area contributed by atoms with Gasteiger partial charge in [-0.25, -0.2) is 0 Å². The summed E-state index contributed by atoms with van der Waals surface area (Å²) in [6.45, 7) is 5.10. The summed E-state index contributed by atoms with van der Waals surface area (Å²) < 4.78 is 0. The highest BCUT2D eigenvalue weighted by Gasteiger charge is 2.38. The lowest BCUT2D eigenvalue weighted by molar-refractivity contribution is 0.117. The van der Waals surface area contributed by atoms with E-state index in [1.807, 2.05) is 0 Å². The molecule has 3 heteroatoms. The van der Waals surface area contributed by atoms with Gasteiger partial charge in [-0.1, -0.05) is 13.8 Å². The minimum Gasteiger partial charge on any atom is -0.392 e. The van der Waals surface area contributed by atoms with Crippen molar-refractivity contribution in [2.75, 3.05) is 13.6 Å². The third kappa shape index (κ3) is 3.43. The Hall–Kier alpha value is -0.120. The highest BCUT2D eigenvalue weighted by molar-refractivity contribution is 4.96. The molecule has 0 spiro atoms. The monoisotopic (exact) mass is 240 g/mol. The molecule has 2 saturated heterocycles. The number of nitrogens with zero attached hydrogens (tertiary/aromatic N) is 1. The Morgan fingerprint density at radius 2 is 1.82 bits per heavy atom. The van der Waals surface area contributed by atoms with Crippen LogP contribution in [0.5, 0.6) is 0 Å². The summed E-state index contributed by atoms with van der Waals surface area (Å²) >= 11 is 0. The lowest BCUT2D eigenvalue weighted by Crippen LogP contribution is -2.48. The summed E-state index contributed by atoms with van der Waals surface area (Å²) in [5.41, 5.74) is 0. The molecular formula is C14H28N2O. The number of fused-ring (bicyclic) bond motifs is 2. The van der Waals surface area contributed by atoms with Crippen molar-refractivity contribution >= 4 is 0 Å². The van der Waals surface area contributed by atoms with E-state index in [-0.39, 0.29) is 6.10 Å². The molecule has 0 aromatic carbocycles. The molecule has 0 saturated carbocycles. The first-order chi connectivity index (χ1) is 8.06. The Morgan fingerprint density at radius 3 is 2.35 bits per heavy atom. The second kappa shape index (κ2) is 5.68. The van der Waals surface area contributed by atoms with Gasteiger partial charge in [-0.3, -0.25) is 0 Å². The fourth-order valence-electron chi connectivity index (χ4n) is 3.51. The molecule has 0 amide bonds. The number of aliphatic hydroxyl groups is 1. The fraction of sp³-hybridized carbons (Fsp3) is 1.00. The Kier molecular flexibility index (Phi) is 4.45. The normalized spacial score (nSPS) is 35.5. The van der Waals surface area contributed by atoms with Crippen LogP contribution in [-0.4, -0.2) is 47.8 Å². The molecule has 2 aliphatic heterocycles. The van der Waals surface area contributed by atoms with Gasteiger partial charge in [0.25, 0.3) is 0 Å². The van der Waals surface area contributed by atoms with Crippen LogP contribution >= 0.6 is 0 Å². The van der Waals surface area contributed by atoms with Crippen LogP contribution < -0.4 is 5.32 Å². The minimum atomic E-state index is -0.174. The van der Waals surface area contributed by atoms with E-state index in [4.69, 9.17) is 0 Å². The second-order valence-corrected chi connectivity index (χ2v) is 6.41. The van der Waals surface area contributed by atoms with E-state index >= 15 is 0 Å². The second-order valence-electron chi connectivity index (χ2n) is 6.41. The topological polar surface area (TPSA) is 35.5 Å². The van der Waals surface area contributed by atoms with Crippen molar-refractivity contribution in [2.24, 2.45) is 5.92 Å². The van der Waals surface area contributed by atoms with Gasteiger partial charge in [-0.2, -0.15) is 0 Å². The van der Waals surface area contributed by atoms with Crippen molar-refractivity contribution in [3.63, 3.8) is 0 Å². The SMILES string of the molecule is CC(C)CC(O)CNC1CC2CCC(C1)N2C. The maximum Gasteiger partial charge on any atom is 0.0667 e. The molecule has 0 radical (unpaired) electrons. The maximum absolute atomic E-state index is 9.88. The smallest absolute Gasteiger partial charge is 0.0667 e. The van der Waals surface area contributed by atoms with Gasteiger partial charge in [0.1, 0.15) is 0 Å². The van der Waals surface area contributed by atoms with Crippen LogP contribution in [0.15, 0.2) is 0 Å². The van der Waals surface area contributed by atoms with Crippen LogP contribution in [0.4, 0.5) is 0 Å². The van der Waals surface area contributed by atoms with Gasteiger partial charge in [0.2, 0.25) is 0 Å².